The number of nitrogens with zero attached hydrogens (tertiary/aromatic N) is 3. The van der Waals surface area contributed by atoms with Crippen LogP contribution in [0.5, 0.6) is 0 Å². The Labute approximate surface area is 126 Å². The molecular formula is C13H14ClFN4S. The third-order valence-corrected chi connectivity index (χ3v) is 3.22. The Morgan fingerprint density at radius 2 is 2.15 bits per heavy atom. The molecule has 20 heavy (non-hydrogen) atoms. The van der Waals surface area contributed by atoms with Crippen LogP contribution in [0.25, 0.3) is 0 Å². The second-order valence-electron chi connectivity index (χ2n) is 5.29. The summed E-state index contributed by atoms with van der Waals surface area (Å²) in [6, 6.07) is 4.47. The van der Waals surface area contributed by atoms with E-state index >= 15 is 0 Å². The summed E-state index contributed by atoms with van der Waals surface area (Å²) >= 11 is 11.1. The zero-order valence-electron chi connectivity index (χ0n) is 11.3. The quantitative estimate of drug-likeness (QED) is 0.675. The average Bonchev–Trinajstić information content (AvgIpc) is 2.70. The smallest absolute Gasteiger partial charge is 0.216 e. The molecule has 2 rings (SSSR count). The topological polar surface area (TPSA) is 46.0 Å². The molecule has 1 N–H and O–H groups in total. The van der Waals surface area contributed by atoms with Gasteiger partial charge in [-0.25, -0.2) is 4.39 Å². The molecule has 0 aliphatic carbocycles. The van der Waals surface area contributed by atoms with E-state index in [1.54, 1.807) is 12.1 Å². The number of aromatic nitrogens is 3. The first-order valence-corrected chi connectivity index (χ1v) is 6.75. The van der Waals surface area contributed by atoms with Crippen LogP contribution in [0.1, 0.15) is 32.2 Å². The molecule has 0 amide bonds. The maximum absolute atomic E-state index is 13.7. The lowest BCUT2D eigenvalue weighted by molar-refractivity contribution is 0.516. The van der Waals surface area contributed by atoms with Crippen LogP contribution in [-0.2, 0) is 5.41 Å². The number of nitrogens with one attached hydrogen (secondary N) is 1. The van der Waals surface area contributed by atoms with E-state index in [0.29, 0.717) is 15.6 Å². The van der Waals surface area contributed by atoms with Crippen LogP contribution >= 0.6 is 23.8 Å². The molecule has 0 radical (unpaired) electrons. The molecule has 0 aliphatic rings. The van der Waals surface area contributed by atoms with Gasteiger partial charge in [0.15, 0.2) is 5.82 Å². The van der Waals surface area contributed by atoms with Gasteiger partial charge in [0.2, 0.25) is 4.77 Å². The number of H-pyrrole nitrogens is 1. The molecule has 2 aromatic rings. The molecule has 0 spiro atoms. The van der Waals surface area contributed by atoms with Crippen LogP contribution < -0.4 is 0 Å². The molecule has 0 aliphatic heterocycles. The van der Waals surface area contributed by atoms with Crippen LogP contribution in [0.2, 0.25) is 5.02 Å². The lowest BCUT2D eigenvalue weighted by atomic mass is 9.96. The number of hydrogen-bond donors (Lipinski definition) is 1. The SMILES string of the molecule is CC(C)(C)c1n[nH]c(=S)n1N=Cc1c(F)cccc1Cl. The number of halogens is 2. The largest absolute Gasteiger partial charge is 0.250 e. The Bertz CT molecular complexity index is 692. The summed E-state index contributed by atoms with van der Waals surface area (Å²) in [6.07, 6.45) is 1.35. The molecule has 0 saturated carbocycles. The van der Waals surface area contributed by atoms with Gasteiger partial charge in [0.25, 0.3) is 0 Å². The molecule has 0 atom stereocenters. The van der Waals surface area contributed by atoms with Gasteiger partial charge in [0.05, 0.1) is 11.2 Å². The van der Waals surface area contributed by atoms with E-state index in [1.807, 2.05) is 20.8 Å². The van der Waals surface area contributed by atoms with Crippen molar-refractivity contribution in [3.05, 3.63) is 45.2 Å². The Morgan fingerprint density at radius 3 is 2.75 bits per heavy atom. The lowest BCUT2D eigenvalue weighted by Gasteiger charge is -2.15. The monoisotopic (exact) mass is 312 g/mol. The van der Waals surface area contributed by atoms with Gasteiger partial charge in [0.1, 0.15) is 5.82 Å². The Kier molecular flexibility index (Phi) is 4.06. The van der Waals surface area contributed by atoms with E-state index in [4.69, 9.17) is 23.8 Å². The minimum absolute atomic E-state index is 0.220. The average molecular weight is 313 g/mol. The Balaban J connectivity index is 2.48. The molecule has 1 aromatic carbocycles. The second kappa shape index (κ2) is 5.46. The van der Waals surface area contributed by atoms with Gasteiger partial charge in [-0.2, -0.15) is 14.9 Å². The highest BCUT2D eigenvalue weighted by Crippen LogP contribution is 2.21. The van der Waals surface area contributed by atoms with E-state index in [-0.39, 0.29) is 11.0 Å². The molecule has 7 heteroatoms. The summed E-state index contributed by atoms with van der Waals surface area (Å²) in [5, 5.41) is 11.3. The predicted octanol–water partition coefficient (Wildman–Crippen LogP) is 3.91. The summed E-state index contributed by atoms with van der Waals surface area (Å²) in [5.41, 5.74) is -0.0265. The Morgan fingerprint density at radius 1 is 1.45 bits per heavy atom. The van der Waals surface area contributed by atoms with Gasteiger partial charge >= 0.3 is 0 Å². The van der Waals surface area contributed by atoms with Crippen molar-refractivity contribution >= 4 is 30.0 Å². The maximum atomic E-state index is 13.7. The fourth-order valence-corrected chi connectivity index (χ4v) is 2.02. The minimum Gasteiger partial charge on any atom is -0.250 e. The fraction of sp³-hybridized carbons (Fsp3) is 0.308. The van der Waals surface area contributed by atoms with Crippen molar-refractivity contribution in [3.63, 3.8) is 0 Å². The van der Waals surface area contributed by atoms with Gasteiger partial charge in [-0.3, -0.25) is 5.10 Å². The van der Waals surface area contributed by atoms with Gasteiger partial charge < -0.3 is 0 Å². The summed E-state index contributed by atoms with van der Waals surface area (Å²) in [7, 11) is 0. The Hall–Kier alpha value is -1.53. The highest BCUT2D eigenvalue weighted by Gasteiger charge is 2.21. The van der Waals surface area contributed by atoms with E-state index in [2.05, 4.69) is 15.3 Å². The van der Waals surface area contributed by atoms with Crippen LogP contribution in [0.15, 0.2) is 23.3 Å². The third kappa shape index (κ3) is 2.96. The molecule has 1 aromatic heterocycles. The zero-order chi connectivity index (χ0) is 14.9. The summed E-state index contributed by atoms with van der Waals surface area (Å²) < 4.78 is 15.5. The van der Waals surface area contributed by atoms with Gasteiger partial charge in [-0.15, -0.1) is 0 Å². The van der Waals surface area contributed by atoms with E-state index in [9.17, 15) is 4.39 Å². The summed E-state index contributed by atoms with van der Waals surface area (Å²) in [6.45, 7) is 5.96. The molecule has 0 fully saturated rings. The van der Waals surface area contributed by atoms with Crippen molar-refractivity contribution in [3.8, 4) is 0 Å². The van der Waals surface area contributed by atoms with E-state index in [0.717, 1.165) is 0 Å². The van der Waals surface area contributed by atoms with Crippen LogP contribution in [0.4, 0.5) is 4.39 Å². The van der Waals surface area contributed by atoms with Crippen LogP contribution in [-0.4, -0.2) is 21.1 Å². The fourth-order valence-electron chi connectivity index (χ4n) is 1.63. The molecule has 0 saturated heterocycles. The minimum atomic E-state index is -0.437. The molecule has 1 heterocycles. The first kappa shape index (κ1) is 14.9. The molecule has 0 unspecified atom stereocenters. The van der Waals surface area contributed by atoms with Crippen molar-refractivity contribution in [2.75, 3.05) is 0 Å². The first-order chi connectivity index (χ1) is 9.30. The van der Waals surface area contributed by atoms with Crippen molar-refractivity contribution < 1.29 is 4.39 Å². The van der Waals surface area contributed by atoms with Crippen molar-refractivity contribution in [2.45, 2.75) is 26.2 Å². The van der Waals surface area contributed by atoms with Gasteiger partial charge in [0, 0.05) is 11.0 Å². The molecule has 0 bridgehead atoms. The summed E-state index contributed by atoms with van der Waals surface area (Å²) in [4.78, 5) is 0. The van der Waals surface area contributed by atoms with Crippen molar-refractivity contribution in [1.29, 1.82) is 0 Å². The normalized spacial score (nSPS) is 12.2. The highest BCUT2D eigenvalue weighted by atomic mass is 35.5. The third-order valence-electron chi connectivity index (χ3n) is 2.62. The molecule has 4 nitrogen and oxygen atoms in total. The number of benzene rings is 1. The van der Waals surface area contributed by atoms with Crippen molar-refractivity contribution in [2.24, 2.45) is 5.10 Å². The maximum Gasteiger partial charge on any atom is 0.216 e. The summed E-state index contributed by atoms with van der Waals surface area (Å²) in [5.74, 6) is 0.222. The van der Waals surface area contributed by atoms with Crippen molar-refractivity contribution in [1.82, 2.24) is 14.9 Å². The molecular weight excluding hydrogens is 299 g/mol. The highest BCUT2D eigenvalue weighted by molar-refractivity contribution is 7.71. The van der Waals surface area contributed by atoms with E-state index < -0.39 is 5.82 Å². The standard InChI is InChI=1S/C13H14ClFN4S/c1-13(2,3)11-17-18-12(20)19(11)16-7-8-9(14)5-4-6-10(8)15/h4-7H,1-3H3,(H,18,20). The number of hydrogen-bond acceptors (Lipinski definition) is 3. The molecule has 106 valence electrons. The van der Waals surface area contributed by atoms with Crippen LogP contribution in [0.3, 0.4) is 0 Å². The van der Waals surface area contributed by atoms with Gasteiger partial charge in [-0.1, -0.05) is 38.4 Å². The first-order valence-electron chi connectivity index (χ1n) is 5.97. The van der Waals surface area contributed by atoms with Gasteiger partial charge in [-0.05, 0) is 24.4 Å². The van der Waals surface area contributed by atoms with E-state index in [1.165, 1.54) is 17.0 Å². The predicted molar refractivity (Wildman–Crippen MR) is 80.5 cm³/mol. The lowest BCUT2D eigenvalue weighted by Crippen LogP contribution is -2.17. The van der Waals surface area contributed by atoms with Crippen LogP contribution in [0, 0.1) is 10.6 Å². The number of aromatic amines is 1. The number of rotatable bonds is 2. The zero-order valence-corrected chi connectivity index (χ0v) is 12.9. The second-order valence-corrected chi connectivity index (χ2v) is 6.09.